The van der Waals surface area contributed by atoms with E-state index in [-0.39, 0.29) is 17.4 Å². The standard InChI is InChI=1S/C19H19NO5S/c1-10-5-4-6-11(9-10)16(21)20-17-15(19(23)25-3)14-12(18(22)24-2)7-8-13(14)26-17/h4-6,9,12H,7-8H2,1-3H3,(H,20,21)/t12-/m1/s1. The Bertz CT molecular complexity index is 886. The summed E-state index contributed by atoms with van der Waals surface area (Å²) in [5.41, 5.74) is 2.33. The lowest BCUT2D eigenvalue weighted by Crippen LogP contribution is -2.17. The van der Waals surface area contributed by atoms with Crippen LogP contribution in [0.25, 0.3) is 0 Å². The molecule has 26 heavy (non-hydrogen) atoms. The molecule has 1 aliphatic rings. The minimum atomic E-state index is -0.571. The predicted molar refractivity (Wildman–Crippen MR) is 97.9 cm³/mol. The number of aryl methyl sites for hydroxylation is 2. The maximum atomic E-state index is 12.6. The first-order valence-electron chi connectivity index (χ1n) is 8.16. The maximum absolute atomic E-state index is 12.6. The molecule has 6 nitrogen and oxygen atoms in total. The quantitative estimate of drug-likeness (QED) is 0.832. The Kier molecular flexibility index (Phi) is 5.08. The first-order chi connectivity index (χ1) is 12.5. The minimum absolute atomic E-state index is 0.251. The van der Waals surface area contributed by atoms with Gasteiger partial charge in [0.2, 0.25) is 0 Å². The Balaban J connectivity index is 1.99. The number of thiophene rings is 1. The van der Waals surface area contributed by atoms with Crippen molar-refractivity contribution in [1.29, 1.82) is 0 Å². The van der Waals surface area contributed by atoms with E-state index in [1.165, 1.54) is 25.6 Å². The van der Waals surface area contributed by atoms with Crippen LogP contribution in [-0.2, 0) is 20.7 Å². The summed E-state index contributed by atoms with van der Waals surface area (Å²) >= 11 is 1.31. The number of carbonyl (C=O) groups is 3. The lowest BCUT2D eigenvalue weighted by Gasteiger charge is -2.12. The van der Waals surface area contributed by atoms with Gasteiger partial charge in [0.1, 0.15) is 5.00 Å². The molecule has 136 valence electrons. The van der Waals surface area contributed by atoms with Crippen molar-refractivity contribution in [3.8, 4) is 0 Å². The number of hydrogen-bond acceptors (Lipinski definition) is 6. The van der Waals surface area contributed by atoms with Crippen LogP contribution < -0.4 is 5.32 Å². The Morgan fingerprint density at radius 1 is 1.19 bits per heavy atom. The Morgan fingerprint density at radius 2 is 1.96 bits per heavy atom. The number of hydrogen-bond donors (Lipinski definition) is 1. The summed E-state index contributed by atoms with van der Waals surface area (Å²) in [6.07, 6.45) is 1.24. The predicted octanol–water partition coefficient (Wildman–Crippen LogP) is 3.30. The van der Waals surface area contributed by atoms with E-state index in [0.717, 1.165) is 10.4 Å². The van der Waals surface area contributed by atoms with E-state index in [4.69, 9.17) is 9.47 Å². The van der Waals surface area contributed by atoms with Gasteiger partial charge in [-0.1, -0.05) is 17.7 Å². The van der Waals surface area contributed by atoms with Crippen LogP contribution in [0.5, 0.6) is 0 Å². The number of methoxy groups -OCH3 is 2. The van der Waals surface area contributed by atoms with Crippen molar-refractivity contribution < 1.29 is 23.9 Å². The molecule has 2 aromatic rings. The zero-order chi connectivity index (χ0) is 18.8. The zero-order valence-corrected chi connectivity index (χ0v) is 15.6. The van der Waals surface area contributed by atoms with Crippen LogP contribution in [0.1, 0.15) is 49.1 Å². The van der Waals surface area contributed by atoms with E-state index in [2.05, 4.69) is 5.32 Å². The highest BCUT2D eigenvalue weighted by atomic mass is 32.1. The number of benzene rings is 1. The summed E-state index contributed by atoms with van der Waals surface area (Å²) in [5.74, 6) is -1.78. The molecule has 1 aliphatic carbocycles. The minimum Gasteiger partial charge on any atom is -0.469 e. The van der Waals surface area contributed by atoms with Crippen molar-refractivity contribution in [3.05, 3.63) is 51.4 Å². The molecule has 1 heterocycles. The number of nitrogens with one attached hydrogen (secondary N) is 1. The molecule has 0 unspecified atom stereocenters. The van der Waals surface area contributed by atoms with Crippen LogP contribution in [0.15, 0.2) is 24.3 Å². The smallest absolute Gasteiger partial charge is 0.341 e. The molecule has 0 radical (unpaired) electrons. The average Bonchev–Trinajstić information content (AvgIpc) is 3.19. The average molecular weight is 373 g/mol. The molecule has 0 bridgehead atoms. The molecule has 1 atom stereocenters. The molecule has 0 spiro atoms. The molecule has 0 saturated carbocycles. The first-order valence-corrected chi connectivity index (χ1v) is 8.97. The summed E-state index contributed by atoms with van der Waals surface area (Å²) in [6, 6.07) is 7.18. The van der Waals surface area contributed by atoms with Gasteiger partial charge in [0.15, 0.2) is 0 Å². The van der Waals surface area contributed by atoms with Gasteiger partial charge in [0, 0.05) is 10.4 Å². The van der Waals surface area contributed by atoms with Crippen LogP contribution in [-0.4, -0.2) is 32.1 Å². The molecule has 3 rings (SSSR count). The number of ether oxygens (including phenoxy) is 2. The van der Waals surface area contributed by atoms with Crippen LogP contribution in [0.4, 0.5) is 5.00 Å². The topological polar surface area (TPSA) is 81.7 Å². The fourth-order valence-electron chi connectivity index (χ4n) is 3.20. The summed E-state index contributed by atoms with van der Waals surface area (Å²) in [4.78, 5) is 37.9. The molecule has 1 N–H and O–H groups in total. The SMILES string of the molecule is COC(=O)c1c(NC(=O)c2cccc(C)c2)sc2c1[C@H](C(=O)OC)CC2. The normalized spacial score (nSPS) is 15.3. The summed E-state index contributed by atoms with van der Waals surface area (Å²) < 4.78 is 9.75. The summed E-state index contributed by atoms with van der Waals surface area (Å²) in [5, 5.41) is 3.21. The third-order valence-electron chi connectivity index (χ3n) is 4.41. The highest BCUT2D eigenvalue weighted by Gasteiger charge is 2.38. The second kappa shape index (κ2) is 7.29. The maximum Gasteiger partial charge on any atom is 0.341 e. The molecule has 1 amide bonds. The fourth-order valence-corrected chi connectivity index (χ4v) is 4.46. The number of anilines is 1. The van der Waals surface area contributed by atoms with Gasteiger partial charge in [0.25, 0.3) is 5.91 Å². The van der Waals surface area contributed by atoms with Crippen LogP contribution >= 0.6 is 11.3 Å². The van der Waals surface area contributed by atoms with E-state index in [1.807, 2.05) is 13.0 Å². The second-order valence-electron chi connectivity index (χ2n) is 6.07. The lowest BCUT2D eigenvalue weighted by molar-refractivity contribution is -0.142. The lowest BCUT2D eigenvalue weighted by atomic mass is 9.99. The van der Waals surface area contributed by atoms with Crippen molar-refractivity contribution in [2.24, 2.45) is 0 Å². The van der Waals surface area contributed by atoms with E-state index in [0.29, 0.717) is 29.0 Å². The fraction of sp³-hybridized carbons (Fsp3) is 0.316. The van der Waals surface area contributed by atoms with Gasteiger partial charge in [-0.05, 0) is 37.5 Å². The Hall–Kier alpha value is -2.67. The highest BCUT2D eigenvalue weighted by Crippen LogP contribution is 2.46. The van der Waals surface area contributed by atoms with Crippen LogP contribution in [0, 0.1) is 6.92 Å². The van der Waals surface area contributed by atoms with Crippen LogP contribution in [0.3, 0.4) is 0 Å². The number of esters is 2. The van der Waals surface area contributed by atoms with Gasteiger partial charge in [-0.25, -0.2) is 4.79 Å². The Labute approximate surface area is 155 Å². The number of rotatable bonds is 4. The van der Waals surface area contributed by atoms with E-state index < -0.39 is 11.9 Å². The van der Waals surface area contributed by atoms with Crippen molar-refractivity contribution in [2.75, 3.05) is 19.5 Å². The second-order valence-corrected chi connectivity index (χ2v) is 7.18. The van der Waals surface area contributed by atoms with E-state index >= 15 is 0 Å². The van der Waals surface area contributed by atoms with Crippen molar-refractivity contribution in [1.82, 2.24) is 0 Å². The van der Waals surface area contributed by atoms with E-state index in [9.17, 15) is 14.4 Å². The van der Waals surface area contributed by atoms with Gasteiger partial charge in [0.05, 0.1) is 25.7 Å². The zero-order valence-electron chi connectivity index (χ0n) is 14.8. The molecular formula is C19H19NO5S. The number of fused-ring (bicyclic) bond motifs is 1. The van der Waals surface area contributed by atoms with Crippen LogP contribution in [0.2, 0.25) is 0 Å². The molecule has 0 saturated heterocycles. The van der Waals surface area contributed by atoms with Crippen molar-refractivity contribution in [2.45, 2.75) is 25.7 Å². The molecule has 1 aromatic heterocycles. The third kappa shape index (κ3) is 3.22. The summed E-state index contributed by atoms with van der Waals surface area (Å²) in [7, 11) is 2.60. The van der Waals surface area contributed by atoms with Gasteiger partial charge in [-0.15, -0.1) is 11.3 Å². The summed E-state index contributed by atoms with van der Waals surface area (Å²) in [6.45, 7) is 1.90. The Morgan fingerprint density at radius 3 is 2.62 bits per heavy atom. The third-order valence-corrected chi connectivity index (χ3v) is 5.59. The first kappa shape index (κ1) is 18.1. The molecule has 0 fully saturated rings. The van der Waals surface area contributed by atoms with Gasteiger partial charge < -0.3 is 14.8 Å². The van der Waals surface area contributed by atoms with Crippen molar-refractivity contribution >= 4 is 34.2 Å². The number of carbonyl (C=O) groups excluding carboxylic acids is 3. The van der Waals surface area contributed by atoms with E-state index in [1.54, 1.807) is 18.2 Å². The van der Waals surface area contributed by atoms with Gasteiger partial charge in [-0.2, -0.15) is 0 Å². The van der Waals surface area contributed by atoms with Gasteiger partial charge >= 0.3 is 11.9 Å². The highest BCUT2D eigenvalue weighted by molar-refractivity contribution is 7.17. The monoisotopic (exact) mass is 373 g/mol. The van der Waals surface area contributed by atoms with Crippen molar-refractivity contribution in [3.63, 3.8) is 0 Å². The molecule has 1 aromatic carbocycles. The molecular weight excluding hydrogens is 354 g/mol. The number of amides is 1. The largest absolute Gasteiger partial charge is 0.469 e. The molecule has 0 aliphatic heterocycles. The van der Waals surface area contributed by atoms with Gasteiger partial charge in [-0.3, -0.25) is 9.59 Å². The molecule has 7 heteroatoms.